The molecule has 3 fully saturated rings. The smallest absolute Gasteiger partial charge is 0.270 e. The molecule has 5 rings (SSSR count). The van der Waals surface area contributed by atoms with Crippen LogP contribution in [0.2, 0.25) is 0 Å². The molecule has 0 spiro atoms. The zero-order chi connectivity index (χ0) is 16.0. The van der Waals surface area contributed by atoms with Gasteiger partial charge in [-0.3, -0.25) is 10.1 Å². The lowest BCUT2D eigenvalue weighted by molar-refractivity contribution is -0.384. The summed E-state index contributed by atoms with van der Waals surface area (Å²) in [5.41, 5.74) is 7.61. The van der Waals surface area contributed by atoms with Gasteiger partial charge in [-0.15, -0.1) is 5.76 Å². The molecule has 0 radical (unpaired) electrons. The van der Waals surface area contributed by atoms with Crippen molar-refractivity contribution in [3.05, 3.63) is 39.6 Å². The van der Waals surface area contributed by atoms with Crippen LogP contribution in [-0.4, -0.2) is 29.5 Å². The van der Waals surface area contributed by atoms with Crippen LogP contribution in [0.4, 0.5) is 11.4 Å². The Morgan fingerprint density at radius 2 is 2.09 bits per heavy atom. The molecule has 23 heavy (non-hydrogen) atoms. The number of nitro benzene ring substituents is 1. The van der Waals surface area contributed by atoms with E-state index in [0.29, 0.717) is 35.2 Å². The SMILES string of the molecule is O=[N+]([O-])c1ccc2c(c1)C(=C([O-])C[C@H]1CN3CCC1CC3)NN2. The van der Waals surface area contributed by atoms with Gasteiger partial charge in [0, 0.05) is 24.2 Å². The van der Waals surface area contributed by atoms with Crippen molar-refractivity contribution in [3.63, 3.8) is 0 Å². The van der Waals surface area contributed by atoms with Crippen molar-refractivity contribution in [1.29, 1.82) is 0 Å². The lowest BCUT2D eigenvalue weighted by atomic mass is 9.77. The third kappa shape index (κ3) is 2.50. The number of non-ortho nitro benzene ring substituents is 1. The van der Waals surface area contributed by atoms with Gasteiger partial charge in [-0.2, -0.15) is 0 Å². The molecule has 0 amide bonds. The Hall–Kier alpha value is -2.28. The van der Waals surface area contributed by atoms with E-state index in [-0.39, 0.29) is 11.4 Å². The third-order valence-electron chi connectivity index (χ3n) is 5.32. The molecular weight excluding hydrogens is 296 g/mol. The van der Waals surface area contributed by atoms with Crippen LogP contribution in [0.5, 0.6) is 0 Å². The van der Waals surface area contributed by atoms with Gasteiger partial charge in [-0.05, 0) is 50.3 Å². The van der Waals surface area contributed by atoms with Gasteiger partial charge in [0.15, 0.2) is 0 Å². The standard InChI is InChI=1S/C16H20N4O3/c21-15(7-11-9-19-5-3-10(11)4-6-19)16-13-8-12(20(22)23)1-2-14(13)17-18-16/h1-2,8,10-11,17-18,21H,3-7,9H2/p-1/t11-/m0/s1. The Balaban J connectivity index is 1.59. The molecule has 0 unspecified atom stereocenters. The number of piperidine rings is 3. The molecular formula is C16H19N4O3-. The average Bonchev–Trinajstić information content (AvgIpc) is 2.99. The summed E-state index contributed by atoms with van der Waals surface area (Å²) < 4.78 is 0. The van der Waals surface area contributed by atoms with Gasteiger partial charge in [-0.1, -0.05) is 0 Å². The van der Waals surface area contributed by atoms with Crippen LogP contribution in [0.25, 0.3) is 5.70 Å². The summed E-state index contributed by atoms with van der Waals surface area (Å²) in [7, 11) is 0. The molecule has 4 aliphatic rings. The van der Waals surface area contributed by atoms with E-state index in [1.807, 2.05) is 0 Å². The van der Waals surface area contributed by atoms with Crippen molar-refractivity contribution in [2.24, 2.45) is 11.8 Å². The van der Waals surface area contributed by atoms with Crippen LogP contribution in [-0.2, 0) is 0 Å². The summed E-state index contributed by atoms with van der Waals surface area (Å²) >= 11 is 0. The van der Waals surface area contributed by atoms with Crippen LogP contribution in [0.3, 0.4) is 0 Å². The third-order valence-corrected chi connectivity index (χ3v) is 5.32. The number of fused-ring (bicyclic) bond motifs is 4. The lowest BCUT2D eigenvalue weighted by Crippen LogP contribution is -2.47. The Kier molecular flexibility index (Phi) is 3.37. The van der Waals surface area contributed by atoms with Gasteiger partial charge in [0.1, 0.15) is 0 Å². The zero-order valence-corrected chi connectivity index (χ0v) is 12.7. The van der Waals surface area contributed by atoms with E-state index in [1.54, 1.807) is 6.07 Å². The fourth-order valence-electron chi connectivity index (χ4n) is 4.04. The number of nitrogens with one attached hydrogen (secondary N) is 2. The van der Waals surface area contributed by atoms with E-state index in [9.17, 15) is 15.2 Å². The quantitative estimate of drug-likeness (QED) is 0.496. The Bertz CT molecular complexity index is 680. The van der Waals surface area contributed by atoms with Gasteiger partial charge < -0.3 is 20.9 Å². The molecule has 7 heteroatoms. The first-order chi connectivity index (χ1) is 11.1. The first kappa shape index (κ1) is 14.3. The minimum Gasteiger partial charge on any atom is -0.874 e. The Morgan fingerprint density at radius 3 is 2.74 bits per heavy atom. The van der Waals surface area contributed by atoms with Gasteiger partial charge in [0.25, 0.3) is 5.69 Å². The topological polar surface area (TPSA) is 93.5 Å². The first-order valence-corrected chi connectivity index (χ1v) is 8.05. The summed E-state index contributed by atoms with van der Waals surface area (Å²) in [6.45, 7) is 3.31. The molecule has 1 aromatic carbocycles. The van der Waals surface area contributed by atoms with Crippen molar-refractivity contribution in [2.45, 2.75) is 19.3 Å². The van der Waals surface area contributed by atoms with E-state index in [1.165, 1.54) is 25.0 Å². The molecule has 122 valence electrons. The highest BCUT2D eigenvalue weighted by Crippen LogP contribution is 2.38. The van der Waals surface area contributed by atoms with Gasteiger partial charge in [-0.25, -0.2) is 0 Å². The minimum atomic E-state index is -0.436. The van der Waals surface area contributed by atoms with Gasteiger partial charge in [0.2, 0.25) is 0 Å². The molecule has 3 saturated heterocycles. The molecule has 0 aromatic heterocycles. The number of hydrazine groups is 1. The summed E-state index contributed by atoms with van der Waals surface area (Å²) in [5, 5.41) is 23.7. The van der Waals surface area contributed by atoms with E-state index in [0.717, 1.165) is 19.6 Å². The van der Waals surface area contributed by atoms with Crippen molar-refractivity contribution < 1.29 is 10.0 Å². The monoisotopic (exact) mass is 315 g/mol. The maximum absolute atomic E-state index is 12.7. The van der Waals surface area contributed by atoms with Crippen LogP contribution in [0.15, 0.2) is 24.0 Å². The van der Waals surface area contributed by atoms with E-state index in [4.69, 9.17) is 0 Å². The van der Waals surface area contributed by atoms with E-state index >= 15 is 0 Å². The van der Waals surface area contributed by atoms with Crippen LogP contribution >= 0.6 is 0 Å². The molecule has 0 aliphatic carbocycles. The van der Waals surface area contributed by atoms with Crippen molar-refractivity contribution >= 4 is 17.1 Å². The van der Waals surface area contributed by atoms with Crippen LogP contribution in [0, 0.1) is 22.0 Å². The second-order valence-electron chi connectivity index (χ2n) is 6.64. The lowest BCUT2D eigenvalue weighted by Gasteiger charge is -2.45. The van der Waals surface area contributed by atoms with Crippen molar-refractivity contribution in [1.82, 2.24) is 10.3 Å². The number of nitrogens with zero attached hydrogens (tertiary/aromatic N) is 2. The van der Waals surface area contributed by atoms with E-state index in [2.05, 4.69) is 15.8 Å². The normalized spacial score (nSPS) is 30.3. The molecule has 4 aliphatic heterocycles. The molecule has 1 atom stereocenters. The summed E-state index contributed by atoms with van der Waals surface area (Å²) in [6, 6.07) is 4.54. The zero-order valence-electron chi connectivity index (χ0n) is 12.7. The Labute approximate surface area is 134 Å². The van der Waals surface area contributed by atoms with Crippen molar-refractivity contribution in [2.75, 3.05) is 25.1 Å². The maximum Gasteiger partial charge on any atom is 0.270 e. The highest BCUT2D eigenvalue weighted by Gasteiger charge is 2.34. The molecule has 7 nitrogen and oxygen atoms in total. The Morgan fingerprint density at radius 1 is 1.30 bits per heavy atom. The number of rotatable bonds is 3. The fraction of sp³-hybridized carbons (Fsp3) is 0.500. The summed E-state index contributed by atoms with van der Waals surface area (Å²) in [4.78, 5) is 12.9. The molecule has 2 bridgehead atoms. The summed E-state index contributed by atoms with van der Waals surface area (Å²) in [5.74, 6) is 1.08. The largest absolute Gasteiger partial charge is 0.874 e. The van der Waals surface area contributed by atoms with Gasteiger partial charge in [0.05, 0.1) is 16.3 Å². The van der Waals surface area contributed by atoms with Crippen molar-refractivity contribution in [3.8, 4) is 0 Å². The minimum absolute atomic E-state index is 0.00221. The van der Waals surface area contributed by atoms with E-state index < -0.39 is 4.92 Å². The first-order valence-electron chi connectivity index (χ1n) is 8.05. The molecule has 2 N–H and O–H groups in total. The number of benzene rings is 1. The van der Waals surface area contributed by atoms with Crippen LogP contribution < -0.4 is 16.0 Å². The highest BCUT2D eigenvalue weighted by atomic mass is 16.6. The van der Waals surface area contributed by atoms with Crippen LogP contribution in [0.1, 0.15) is 24.8 Å². The predicted octanol–water partition coefficient (Wildman–Crippen LogP) is 1.29. The molecule has 1 aromatic rings. The second-order valence-corrected chi connectivity index (χ2v) is 6.64. The number of allylic oxidation sites excluding steroid dienone is 1. The average molecular weight is 315 g/mol. The fourth-order valence-corrected chi connectivity index (χ4v) is 4.04. The second kappa shape index (κ2) is 5.42. The number of anilines is 1. The molecule has 0 saturated carbocycles. The summed E-state index contributed by atoms with van der Waals surface area (Å²) in [6.07, 6.45) is 2.87. The number of hydrogen-bond acceptors (Lipinski definition) is 6. The van der Waals surface area contributed by atoms with Gasteiger partial charge >= 0.3 is 0 Å². The predicted molar refractivity (Wildman–Crippen MR) is 84.0 cm³/mol. The molecule has 4 heterocycles. The number of hydrogen-bond donors (Lipinski definition) is 2. The highest BCUT2D eigenvalue weighted by molar-refractivity contribution is 5.83. The maximum atomic E-state index is 12.7. The number of nitro groups is 1.